The molecule has 4 rings (SSSR count). The van der Waals surface area contributed by atoms with Crippen LogP contribution in [0, 0.1) is 10.8 Å². The Morgan fingerprint density at radius 2 is 2.14 bits per heavy atom. The van der Waals surface area contributed by atoms with Crippen LogP contribution in [0.4, 0.5) is 0 Å². The van der Waals surface area contributed by atoms with E-state index in [4.69, 9.17) is 0 Å². The lowest BCUT2D eigenvalue weighted by Crippen LogP contribution is -2.37. The lowest BCUT2D eigenvalue weighted by molar-refractivity contribution is 0.0708. The molecule has 1 saturated carbocycles. The van der Waals surface area contributed by atoms with E-state index in [0.717, 1.165) is 35.2 Å². The van der Waals surface area contributed by atoms with Gasteiger partial charge in [-0.1, -0.05) is 25.3 Å². The van der Waals surface area contributed by atoms with Crippen LogP contribution in [0.3, 0.4) is 0 Å². The van der Waals surface area contributed by atoms with Crippen LogP contribution in [0.25, 0.3) is 10.2 Å². The van der Waals surface area contributed by atoms with Crippen molar-refractivity contribution in [1.82, 2.24) is 14.5 Å². The van der Waals surface area contributed by atoms with Crippen molar-refractivity contribution in [2.75, 3.05) is 6.54 Å². The molecule has 2 unspecified atom stereocenters. The molecule has 1 aliphatic heterocycles. The first kappa shape index (κ1) is 14.1. The minimum absolute atomic E-state index is 0.154. The fourth-order valence-electron chi connectivity index (χ4n) is 4.78. The maximum absolute atomic E-state index is 13.0. The molecule has 1 amide bonds. The lowest BCUT2D eigenvalue weighted by atomic mass is 9.65. The number of benzene rings is 1. The number of hydrogen-bond donors (Lipinski definition) is 0. The highest BCUT2D eigenvalue weighted by Crippen LogP contribution is 2.52. The summed E-state index contributed by atoms with van der Waals surface area (Å²) in [5.74, 6) is 0.154. The lowest BCUT2D eigenvalue weighted by Gasteiger charge is -2.39. The van der Waals surface area contributed by atoms with Gasteiger partial charge in [0.1, 0.15) is 5.52 Å². The first-order valence-electron chi connectivity index (χ1n) is 7.88. The third kappa shape index (κ3) is 2.22. The summed E-state index contributed by atoms with van der Waals surface area (Å²) in [4.78, 5) is 15.1. The average Bonchev–Trinajstić information content (AvgIpc) is 2.97. The van der Waals surface area contributed by atoms with Gasteiger partial charge in [0.05, 0.1) is 4.70 Å². The number of fused-ring (bicyclic) bond motifs is 3. The maximum Gasteiger partial charge on any atom is 0.254 e. The van der Waals surface area contributed by atoms with E-state index in [2.05, 4.69) is 35.3 Å². The van der Waals surface area contributed by atoms with E-state index in [1.54, 1.807) is 0 Å². The standard InChI is InChI=1S/C17H21N3OS/c1-16(2)7-12-8-17(3,9-16)10-20(12)15(21)11-4-5-14-13(6-11)18-19-22-14/h4-6,12H,7-10H2,1-3H3. The van der Waals surface area contributed by atoms with Crippen molar-refractivity contribution in [2.45, 2.75) is 46.1 Å². The molecule has 2 aliphatic rings. The van der Waals surface area contributed by atoms with E-state index < -0.39 is 0 Å². The maximum atomic E-state index is 13.0. The average molecular weight is 315 g/mol. The van der Waals surface area contributed by atoms with Crippen LogP contribution in [-0.2, 0) is 0 Å². The molecule has 2 bridgehead atoms. The van der Waals surface area contributed by atoms with Gasteiger partial charge in [0.15, 0.2) is 0 Å². The Labute approximate surface area is 134 Å². The van der Waals surface area contributed by atoms with E-state index in [1.807, 2.05) is 18.2 Å². The van der Waals surface area contributed by atoms with Crippen LogP contribution >= 0.6 is 11.5 Å². The van der Waals surface area contributed by atoms with Gasteiger partial charge in [-0.05, 0) is 59.8 Å². The zero-order valence-electron chi connectivity index (χ0n) is 13.3. The summed E-state index contributed by atoms with van der Waals surface area (Å²) in [6, 6.07) is 6.14. The molecule has 0 radical (unpaired) electrons. The molecule has 0 N–H and O–H groups in total. The molecule has 4 nitrogen and oxygen atoms in total. The van der Waals surface area contributed by atoms with Gasteiger partial charge in [-0.3, -0.25) is 4.79 Å². The van der Waals surface area contributed by atoms with Gasteiger partial charge >= 0.3 is 0 Å². The van der Waals surface area contributed by atoms with Gasteiger partial charge in [-0.15, -0.1) is 5.10 Å². The van der Waals surface area contributed by atoms with E-state index in [1.165, 1.54) is 18.0 Å². The van der Waals surface area contributed by atoms with Crippen molar-refractivity contribution in [3.63, 3.8) is 0 Å². The molecule has 2 fully saturated rings. The third-order valence-corrected chi connectivity index (χ3v) is 5.87. The van der Waals surface area contributed by atoms with Gasteiger partial charge < -0.3 is 4.90 Å². The topological polar surface area (TPSA) is 46.1 Å². The molecule has 2 heterocycles. The number of amides is 1. The van der Waals surface area contributed by atoms with Crippen molar-refractivity contribution in [1.29, 1.82) is 0 Å². The number of likely N-dealkylation sites (tertiary alicyclic amines) is 1. The molecule has 2 atom stereocenters. The summed E-state index contributed by atoms with van der Waals surface area (Å²) in [6.45, 7) is 7.88. The van der Waals surface area contributed by atoms with E-state index in [0.29, 0.717) is 11.5 Å². The Kier molecular flexibility index (Phi) is 2.89. The fraction of sp³-hybridized carbons (Fsp3) is 0.588. The van der Waals surface area contributed by atoms with Crippen LogP contribution in [0.5, 0.6) is 0 Å². The molecule has 1 aliphatic carbocycles. The van der Waals surface area contributed by atoms with E-state index in [9.17, 15) is 4.79 Å². The summed E-state index contributed by atoms with van der Waals surface area (Å²) in [5, 5.41) is 4.09. The summed E-state index contributed by atoms with van der Waals surface area (Å²) < 4.78 is 4.98. The number of aromatic nitrogens is 2. The van der Waals surface area contributed by atoms with Crippen LogP contribution in [0.1, 0.15) is 50.4 Å². The smallest absolute Gasteiger partial charge is 0.254 e. The van der Waals surface area contributed by atoms with Crippen LogP contribution in [0.15, 0.2) is 18.2 Å². The number of rotatable bonds is 1. The summed E-state index contributed by atoms with van der Waals surface area (Å²) in [6.07, 6.45) is 3.45. The van der Waals surface area contributed by atoms with Crippen molar-refractivity contribution in [2.24, 2.45) is 10.8 Å². The number of nitrogens with zero attached hydrogens (tertiary/aromatic N) is 3. The zero-order valence-corrected chi connectivity index (χ0v) is 14.1. The molecule has 1 aromatic heterocycles. The minimum atomic E-state index is 0.154. The number of carbonyl (C=O) groups is 1. The Morgan fingerprint density at radius 3 is 2.95 bits per heavy atom. The van der Waals surface area contributed by atoms with Gasteiger partial charge in [-0.2, -0.15) is 0 Å². The summed E-state index contributed by atoms with van der Waals surface area (Å²) >= 11 is 1.37. The van der Waals surface area contributed by atoms with Gasteiger partial charge in [-0.25, -0.2) is 0 Å². The van der Waals surface area contributed by atoms with Crippen LogP contribution in [0.2, 0.25) is 0 Å². The molecule has 22 heavy (non-hydrogen) atoms. The van der Waals surface area contributed by atoms with Gasteiger partial charge in [0.2, 0.25) is 0 Å². The van der Waals surface area contributed by atoms with Gasteiger partial charge in [0, 0.05) is 18.2 Å². The van der Waals surface area contributed by atoms with Crippen molar-refractivity contribution in [3.8, 4) is 0 Å². The highest BCUT2D eigenvalue weighted by molar-refractivity contribution is 7.12. The number of hydrogen-bond acceptors (Lipinski definition) is 4. The quantitative estimate of drug-likeness (QED) is 0.805. The predicted molar refractivity (Wildman–Crippen MR) is 88.0 cm³/mol. The Bertz CT molecular complexity index is 753. The van der Waals surface area contributed by atoms with Crippen molar-refractivity contribution < 1.29 is 4.79 Å². The van der Waals surface area contributed by atoms with E-state index in [-0.39, 0.29) is 11.3 Å². The largest absolute Gasteiger partial charge is 0.335 e. The summed E-state index contributed by atoms with van der Waals surface area (Å²) in [7, 11) is 0. The second kappa shape index (κ2) is 4.51. The zero-order chi connectivity index (χ0) is 15.5. The molecular formula is C17H21N3OS. The Hall–Kier alpha value is -1.49. The molecular weight excluding hydrogens is 294 g/mol. The second-order valence-corrected chi connectivity index (χ2v) is 8.89. The SMILES string of the molecule is CC1(C)CC2CC(C)(CN2C(=O)c2ccc3snnc3c2)C1. The predicted octanol–water partition coefficient (Wildman–Crippen LogP) is 3.73. The Balaban J connectivity index is 1.65. The Morgan fingerprint density at radius 1 is 1.32 bits per heavy atom. The highest BCUT2D eigenvalue weighted by atomic mass is 32.1. The second-order valence-electron chi connectivity index (χ2n) is 8.10. The normalized spacial score (nSPS) is 30.0. The highest BCUT2D eigenvalue weighted by Gasteiger charge is 2.51. The molecule has 5 heteroatoms. The van der Waals surface area contributed by atoms with Gasteiger partial charge in [0.25, 0.3) is 5.91 Å². The first-order valence-corrected chi connectivity index (χ1v) is 8.66. The molecule has 116 valence electrons. The third-order valence-electron chi connectivity index (χ3n) is 5.17. The molecule has 1 saturated heterocycles. The summed E-state index contributed by atoms with van der Waals surface area (Å²) in [5.41, 5.74) is 2.17. The number of carbonyl (C=O) groups excluding carboxylic acids is 1. The molecule has 2 aromatic rings. The minimum Gasteiger partial charge on any atom is -0.335 e. The molecule has 1 aromatic carbocycles. The van der Waals surface area contributed by atoms with Crippen molar-refractivity contribution >= 4 is 27.7 Å². The first-order chi connectivity index (χ1) is 10.4. The van der Waals surface area contributed by atoms with Crippen LogP contribution < -0.4 is 0 Å². The van der Waals surface area contributed by atoms with Crippen molar-refractivity contribution in [3.05, 3.63) is 23.8 Å². The molecule has 0 spiro atoms. The monoisotopic (exact) mass is 315 g/mol. The van der Waals surface area contributed by atoms with Crippen LogP contribution in [-0.4, -0.2) is 33.0 Å². The fourth-order valence-corrected chi connectivity index (χ4v) is 5.32. The van der Waals surface area contributed by atoms with E-state index >= 15 is 0 Å².